The fourth-order valence-electron chi connectivity index (χ4n) is 2.94. The first-order valence-electron chi connectivity index (χ1n) is 7.29. The number of hydrogen-bond acceptors (Lipinski definition) is 4. The van der Waals surface area contributed by atoms with E-state index in [-0.39, 0.29) is 5.91 Å². The Balaban J connectivity index is 1.65. The highest BCUT2D eigenvalue weighted by atomic mass is 16.2. The largest absolute Gasteiger partial charge is 0.373 e. The normalized spacial score (nSPS) is 21.9. The van der Waals surface area contributed by atoms with E-state index in [4.69, 9.17) is 5.73 Å². The number of carbonyl (C=O) groups is 1. The Kier molecular flexibility index (Phi) is 3.63. The summed E-state index contributed by atoms with van der Waals surface area (Å²) in [6.45, 7) is 4.55. The zero-order chi connectivity index (χ0) is 14.1. The fourth-order valence-corrected chi connectivity index (χ4v) is 2.94. The van der Waals surface area contributed by atoms with E-state index in [0.29, 0.717) is 0 Å². The van der Waals surface area contributed by atoms with E-state index < -0.39 is 6.04 Å². The second-order valence-electron chi connectivity index (χ2n) is 5.71. The van der Waals surface area contributed by atoms with Crippen molar-refractivity contribution in [1.29, 1.82) is 0 Å². The number of likely N-dealkylation sites (tertiary alicyclic amines) is 1. The third-order valence-electron chi connectivity index (χ3n) is 4.30. The van der Waals surface area contributed by atoms with Crippen molar-refractivity contribution in [2.24, 2.45) is 5.73 Å². The number of hydrogen-bond donors (Lipinski definition) is 2. The van der Waals surface area contributed by atoms with Gasteiger partial charge in [-0.2, -0.15) is 0 Å². The number of likely N-dealkylation sites (N-methyl/N-ethyl adjacent to an activating group) is 1. The van der Waals surface area contributed by atoms with Crippen molar-refractivity contribution < 1.29 is 4.79 Å². The SMILES string of the molecule is CN(CCN1CCCC1)c1ccc2c(c1)NC(=O)C2N. The molecule has 1 amide bonds. The van der Waals surface area contributed by atoms with Gasteiger partial charge in [0, 0.05) is 37.1 Å². The van der Waals surface area contributed by atoms with Crippen LogP contribution in [-0.4, -0.2) is 44.0 Å². The molecule has 0 radical (unpaired) electrons. The van der Waals surface area contributed by atoms with Gasteiger partial charge in [-0.15, -0.1) is 0 Å². The summed E-state index contributed by atoms with van der Waals surface area (Å²) >= 11 is 0. The molecule has 5 heteroatoms. The van der Waals surface area contributed by atoms with Gasteiger partial charge in [0.15, 0.2) is 0 Å². The first kappa shape index (κ1) is 13.4. The highest BCUT2D eigenvalue weighted by Gasteiger charge is 2.27. The average molecular weight is 274 g/mol. The minimum absolute atomic E-state index is 0.114. The smallest absolute Gasteiger partial charge is 0.245 e. The highest BCUT2D eigenvalue weighted by Crippen LogP contribution is 2.32. The Bertz CT molecular complexity index is 511. The molecule has 2 aliphatic heterocycles. The summed E-state index contributed by atoms with van der Waals surface area (Å²) in [7, 11) is 2.09. The Morgan fingerprint density at radius 2 is 2.15 bits per heavy atom. The summed E-state index contributed by atoms with van der Waals surface area (Å²) in [6.07, 6.45) is 2.65. The van der Waals surface area contributed by atoms with Gasteiger partial charge in [-0.25, -0.2) is 0 Å². The van der Waals surface area contributed by atoms with Crippen LogP contribution in [0.2, 0.25) is 0 Å². The van der Waals surface area contributed by atoms with Gasteiger partial charge < -0.3 is 20.9 Å². The third kappa shape index (κ3) is 2.51. The number of benzene rings is 1. The van der Waals surface area contributed by atoms with Crippen molar-refractivity contribution in [3.8, 4) is 0 Å². The van der Waals surface area contributed by atoms with E-state index in [1.165, 1.54) is 25.9 Å². The van der Waals surface area contributed by atoms with E-state index in [2.05, 4.69) is 22.2 Å². The number of nitrogens with zero attached hydrogens (tertiary/aromatic N) is 2. The van der Waals surface area contributed by atoms with E-state index in [1.807, 2.05) is 18.2 Å². The van der Waals surface area contributed by atoms with Crippen LogP contribution in [0.1, 0.15) is 24.4 Å². The lowest BCUT2D eigenvalue weighted by molar-refractivity contribution is -0.116. The molecule has 1 aromatic carbocycles. The molecular weight excluding hydrogens is 252 g/mol. The Hall–Kier alpha value is -1.59. The van der Waals surface area contributed by atoms with Crippen molar-refractivity contribution in [3.05, 3.63) is 23.8 Å². The molecule has 5 nitrogen and oxygen atoms in total. The zero-order valence-electron chi connectivity index (χ0n) is 11.9. The summed E-state index contributed by atoms with van der Waals surface area (Å²) < 4.78 is 0. The van der Waals surface area contributed by atoms with E-state index in [9.17, 15) is 4.79 Å². The molecule has 3 rings (SSSR count). The third-order valence-corrected chi connectivity index (χ3v) is 4.30. The Morgan fingerprint density at radius 3 is 2.90 bits per heavy atom. The molecule has 0 aromatic heterocycles. The number of carbonyl (C=O) groups excluding carboxylic acids is 1. The lowest BCUT2D eigenvalue weighted by atomic mass is 10.1. The van der Waals surface area contributed by atoms with Crippen LogP contribution < -0.4 is 16.0 Å². The van der Waals surface area contributed by atoms with Gasteiger partial charge in [0.25, 0.3) is 0 Å². The molecule has 1 saturated heterocycles. The maximum absolute atomic E-state index is 11.6. The second kappa shape index (κ2) is 5.42. The van der Waals surface area contributed by atoms with Crippen LogP contribution in [0.5, 0.6) is 0 Å². The predicted molar refractivity (Wildman–Crippen MR) is 80.9 cm³/mol. The number of amides is 1. The number of nitrogens with one attached hydrogen (secondary N) is 1. The van der Waals surface area contributed by atoms with Crippen LogP contribution in [0.3, 0.4) is 0 Å². The van der Waals surface area contributed by atoms with E-state index in [0.717, 1.165) is 30.0 Å². The molecule has 0 spiro atoms. The topological polar surface area (TPSA) is 61.6 Å². The summed E-state index contributed by atoms with van der Waals surface area (Å²) in [5.41, 5.74) is 8.70. The number of rotatable bonds is 4. The first-order chi connectivity index (χ1) is 9.65. The zero-order valence-corrected chi connectivity index (χ0v) is 11.9. The van der Waals surface area contributed by atoms with Crippen LogP contribution in [0.15, 0.2) is 18.2 Å². The molecule has 108 valence electrons. The maximum Gasteiger partial charge on any atom is 0.245 e. The molecule has 2 heterocycles. The molecule has 0 saturated carbocycles. The van der Waals surface area contributed by atoms with Crippen molar-refractivity contribution in [3.63, 3.8) is 0 Å². The minimum Gasteiger partial charge on any atom is -0.373 e. The number of nitrogens with two attached hydrogens (primary N) is 1. The molecule has 20 heavy (non-hydrogen) atoms. The van der Waals surface area contributed by atoms with Gasteiger partial charge in [0.05, 0.1) is 0 Å². The second-order valence-corrected chi connectivity index (χ2v) is 5.71. The summed E-state index contributed by atoms with van der Waals surface area (Å²) in [6, 6.07) is 5.50. The van der Waals surface area contributed by atoms with E-state index >= 15 is 0 Å². The number of fused-ring (bicyclic) bond motifs is 1. The maximum atomic E-state index is 11.6. The standard InChI is InChI=1S/C15H22N4O/c1-18(8-9-19-6-2-3-7-19)11-4-5-12-13(10-11)17-15(20)14(12)16/h4-5,10,14H,2-3,6-9,16H2,1H3,(H,17,20). The molecule has 1 fully saturated rings. The summed E-state index contributed by atoms with van der Waals surface area (Å²) in [5, 5.41) is 2.84. The van der Waals surface area contributed by atoms with Crippen LogP contribution in [0, 0.1) is 0 Å². The molecule has 3 N–H and O–H groups in total. The van der Waals surface area contributed by atoms with Gasteiger partial charge >= 0.3 is 0 Å². The fraction of sp³-hybridized carbons (Fsp3) is 0.533. The van der Waals surface area contributed by atoms with Gasteiger partial charge in [0.1, 0.15) is 6.04 Å². The minimum atomic E-state index is -0.519. The van der Waals surface area contributed by atoms with Crippen LogP contribution in [-0.2, 0) is 4.79 Å². The van der Waals surface area contributed by atoms with Crippen LogP contribution in [0.25, 0.3) is 0 Å². The lowest BCUT2D eigenvalue weighted by Gasteiger charge is -2.23. The quantitative estimate of drug-likeness (QED) is 0.865. The van der Waals surface area contributed by atoms with Gasteiger partial charge in [0.2, 0.25) is 5.91 Å². The van der Waals surface area contributed by atoms with Crippen molar-refractivity contribution in [1.82, 2.24) is 4.90 Å². The molecule has 2 aliphatic rings. The van der Waals surface area contributed by atoms with Gasteiger partial charge in [-0.05, 0) is 38.1 Å². The van der Waals surface area contributed by atoms with Crippen LogP contribution in [0.4, 0.5) is 11.4 Å². The Morgan fingerprint density at radius 1 is 1.40 bits per heavy atom. The molecular formula is C15H22N4O. The molecule has 0 aliphatic carbocycles. The van der Waals surface area contributed by atoms with Gasteiger partial charge in [-0.1, -0.05) is 6.07 Å². The van der Waals surface area contributed by atoms with Crippen LogP contribution >= 0.6 is 0 Å². The first-order valence-corrected chi connectivity index (χ1v) is 7.29. The monoisotopic (exact) mass is 274 g/mol. The predicted octanol–water partition coefficient (Wildman–Crippen LogP) is 1.17. The highest BCUT2D eigenvalue weighted by molar-refractivity contribution is 6.02. The number of anilines is 2. The summed E-state index contributed by atoms with van der Waals surface area (Å²) in [4.78, 5) is 16.3. The van der Waals surface area contributed by atoms with Gasteiger partial charge in [-0.3, -0.25) is 4.79 Å². The summed E-state index contributed by atoms with van der Waals surface area (Å²) in [5.74, 6) is -0.114. The van der Waals surface area contributed by atoms with Crippen molar-refractivity contribution in [2.75, 3.05) is 43.4 Å². The molecule has 0 bridgehead atoms. The molecule has 1 aromatic rings. The lowest BCUT2D eigenvalue weighted by Crippen LogP contribution is -2.31. The average Bonchev–Trinajstić information content (AvgIpc) is 3.05. The van der Waals surface area contributed by atoms with Crippen molar-refractivity contribution >= 4 is 17.3 Å². The van der Waals surface area contributed by atoms with E-state index in [1.54, 1.807) is 0 Å². The van der Waals surface area contributed by atoms with Crippen molar-refractivity contribution in [2.45, 2.75) is 18.9 Å². The Labute approximate surface area is 119 Å². The molecule has 1 atom stereocenters. The molecule has 1 unspecified atom stereocenters.